The van der Waals surface area contributed by atoms with Gasteiger partial charge in [0.2, 0.25) is 0 Å². The van der Waals surface area contributed by atoms with Crippen molar-refractivity contribution in [3.05, 3.63) is 66.0 Å². The summed E-state index contributed by atoms with van der Waals surface area (Å²) in [6, 6.07) is 12.6. The van der Waals surface area contributed by atoms with E-state index in [1.54, 1.807) is 50.4 Å². The average molecular weight is 399 g/mol. The number of hydrogen-bond acceptors (Lipinski definition) is 6. The fourth-order valence-corrected chi connectivity index (χ4v) is 3.30. The molecule has 0 unspecified atom stereocenters. The van der Waals surface area contributed by atoms with Crippen LogP contribution in [0.3, 0.4) is 0 Å². The summed E-state index contributed by atoms with van der Waals surface area (Å²) < 4.78 is 20.6. The maximum absolute atomic E-state index is 12.6. The van der Waals surface area contributed by atoms with E-state index in [9.17, 15) is 4.79 Å². The zero-order chi connectivity index (χ0) is 19.9. The Morgan fingerprint density at radius 2 is 1.89 bits per heavy atom. The number of methoxy groups -OCH3 is 3. The first-order valence-corrected chi connectivity index (χ1v) is 9.29. The molecule has 0 spiro atoms. The van der Waals surface area contributed by atoms with Gasteiger partial charge in [-0.1, -0.05) is 6.07 Å². The monoisotopic (exact) mass is 399 g/mol. The Morgan fingerprint density at radius 1 is 1.07 bits per heavy atom. The molecule has 0 fully saturated rings. The molecule has 28 heavy (non-hydrogen) atoms. The lowest BCUT2D eigenvalue weighted by molar-refractivity contribution is 0.0984. The van der Waals surface area contributed by atoms with Crippen LogP contribution in [0.4, 0.5) is 0 Å². The molecular formula is C20H21N3O4S. The lowest BCUT2D eigenvalue weighted by Gasteiger charge is -2.12. The lowest BCUT2D eigenvalue weighted by Crippen LogP contribution is -2.16. The van der Waals surface area contributed by atoms with E-state index in [1.807, 2.05) is 30.5 Å². The quantitative estimate of drug-likeness (QED) is 0.585. The molecule has 0 aliphatic rings. The number of benzene rings is 2. The minimum atomic E-state index is -0.230. The molecule has 3 rings (SSSR count). The van der Waals surface area contributed by atoms with Crippen molar-refractivity contribution >= 4 is 17.9 Å². The van der Waals surface area contributed by atoms with Crippen molar-refractivity contribution in [1.82, 2.24) is 14.5 Å². The van der Waals surface area contributed by atoms with E-state index in [1.165, 1.54) is 11.9 Å². The molecule has 0 radical (unpaired) electrons. The minimum absolute atomic E-state index is 0.230. The molecule has 3 aromatic rings. The molecule has 1 aromatic heterocycles. The molecule has 146 valence electrons. The van der Waals surface area contributed by atoms with E-state index in [0.29, 0.717) is 29.4 Å². The van der Waals surface area contributed by atoms with Gasteiger partial charge >= 0.3 is 0 Å². The molecular weight excluding hydrogens is 378 g/mol. The highest BCUT2D eigenvalue weighted by atomic mass is 32.2. The minimum Gasteiger partial charge on any atom is -0.497 e. The topological polar surface area (TPSA) is 74.6 Å². The summed E-state index contributed by atoms with van der Waals surface area (Å²) in [7, 11) is 4.75. The Kier molecular flexibility index (Phi) is 6.44. The van der Waals surface area contributed by atoms with E-state index < -0.39 is 0 Å². The van der Waals surface area contributed by atoms with Gasteiger partial charge in [-0.2, -0.15) is 5.10 Å². The Hall–Kier alpha value is -3.13. The summed E-state index contributed by atoms with van der Waals surface area (Å²) in [6.45, 7) is 0.565. The molecule has 0 atom stereocenters. The number of rotatable bonds is 8. The highest BCUT2D eigenvalue weighted by Crippen LogP contribution is 2.31. The summed E-state index contributed by atoms with van der Waals surface area (Å²) in [5.74, 6) is 1.71. The largest absolute Gasteiger partial charge is 0.497 e. The zero-order valence-electron chi connectivity index (χ0n) is 15.8. The molecule has 0 aliphatic carbocycles. The number of hydrogen-bond donors (Lipinski definition) is 1. The molecule has 0 aliphatic heterocycles. The fraction of sp³-hybridized carbons (Fsp3) is 0.200. The third-order valence-electron chi connectivity index (χ3n) is 4.07. The van der Waals surface area contributed by atoms with E-state index in [-0.39, 0.29) is 5.91 Å². The van der Waals surface area contributed by atoms with Gasteiger partial charge < -0.3 is 14.2 Å². The van der Waals surface area contributed by atoms with Crippen LogP contribution in [0.5, 0.6) is 17.2 Å². The second-order valence-corrected chi connectivity index (χ2v) is 6.63. The van der Waals surface area contributed by atoms with Gasteiger partial charge in [0.25, 0.3) is 5.91 Å². The van der Waals surface area contributed by atoms with Crippen LogP contribution in [-0.4, -0.2) is 37.0 Å². The van der Waals surface area contributed by atoms with Crippen molar-refractivity contribution in [2.45, 2.75) is 11.4 Å². The van der Waals surface area contributed by atoms with Crippen LogP contribution in [0.15, 0.2) is 59.8 Å². The Bertz CT molecular complexity index is 945. The molecule has 1 amide bonds. The van der Waals surface area contributed by atoms with Crippen LogP contribution in [0.1, 0.15) is 15.9 Å². The summed E-state index contributed by atoms with van der Waals surface area (Å²) in [4.78, 5) is 13.3. The summed E-state index contributed by atoms with van der Waals surface area (Å²) in [5.41, 5.74) is 1.44. The van der Waals surface area contributed by atoms with Gasteiger partial charge in [-0.15, -0.1) is 0 Å². The molecule has 0 bridgehead atoms. The van der Waals surface area contributed by atoms with Crippen LogP contribution < -0.4 is 18.9 Å². The summed E-state index contributed by atoms with van der Waals surface area (Å²) in [6.07, 6.45) is 3.60. The smallest absolute Gasteiger partial charge is 0.261 e. The number of amides is 1. The third kappa shape index (κ3) is 4.58. The molecule has 2 aromatic carbocycles. The Balaban J connectivity index is 1.70. The van der Waals surface area contributed by atoms with Crippen LogP contribution in [0.25, 0.3) is 0 Å². The zero-order valence-corrected chi connectivity index (χ0v) is 16.7. The maximum atomic E-state index is 12.6. The molecule has 0 saturated carbocycles. The van der Waals surface area contributed by atoms with Gasteiger partial charge in [-0.25, -0.2) is 0 Å². The second kappa shape index (κ2) is 9.18. The first-order chi connectivity index (χ1) is 13.6. The summed E-state index contributed by atoms with van der Waals surface area (Å²) >= 11 is 1.18. The molecule has 1 heterocycles. The number of ether oxygens (including phenoxy) is 3. The van der Waals surface area contributed by atoms with Crippen molar-refractivity contribution in [2.24, 2.45) is 0 Å². The van der Waals surface area contributed by atoms with E-state index in [0.717, 1.165) is 10.5 Å². The predicted octanol–water partition coefficient (Wildman–Crippen LogP) is 3.39. The van der Waals surface area contributed by atoms with Gasteiger partial charge in [0, 0.05) is 29.6 Å². The highest BCUT2D eigenvalue weighted by molar-refractivity contribution is 7.98. The average Bonchev–Trinajstić information content (AvgIpc) is 3.25. The molecule has 0 saturated heterocycles. The standard InChI is InChI=1S/C20H21N3O4S/c1-25-16-7-8-19(18(12-16)27-3)28-22-20(24)14-5-6-15(17(11-14)26-2)13-23-10-4-9-21-23/h4-12H,13H2,1-3H3,(H,22,24). The first kappa shape index (κ1) is 19.6. The van der Waals surface area contributed by atoms with E-state index in [2.05, 4.69) is 9.82 Å². The number of nitrogens with zero attached hydrogens (tertiary/aromatic N) is 2. The van der Waals surface area contributed by atoms with Crippen LogP contribution in [-0.2, 0) is 6.54 Å². The fourth-order valence-electron chi connectivity index (χ4n) is 2.60. The van der Waals surface area contributed by atoms with Crippen LogP contribution >= 0.6 is 11.9 Å². The Morgan fingerprint density at radius 3 is 2.57 bits per heavy atom. The van der Waals surface area contributed by atoms with E-state index >= 15 is 0 Å². The maximum Gasteiger partial charge on any atom is 0.261 e. The van der Waals surface area contributed by atoms with E-state index in [4.69, 9.17) is 14.2 Å². The van der Waals surface area contributed by atoms with Gasteiger partial charge in [-0.3, -0.25) is 14.2 Å². The number of carbonyl (C=O) groups is 1. The van der Waals surface area contributed by atoms with Gasteiger partial charge in [0.1, 0.15) is 17.2 Å². The van der Waals surface area contributed by atoms with Crippen molar-refractivity contribution in [1.29, 1.82) is 0 Å². The first-order valence-electron chi connectivity index (χ1n) is 8.48. The molecule has 8 heteroatoms. The SMILES string of the molecule is COc1ccc(SNC(=O)c2ccc(Cn3cccn3)c(OC)c2)c(OC)c1. The molecule has 1 N–H and O–H groups in total. The van der Waals surface area contributed by atoms with Crippen molar-refractivity contribution in [3.8, 4) is 17.2 Å². The van der Waals surface area contributed by atoms with Gasteiger partial charge in [0.15, 0.2) is 0 Å². The van der Waals surface area contributed by atoms with Gasteiger partial charge in [-0.05, 0) is 42.3 Å². The van der Waals surface area contributed by atoms with Crippen LogP contribution in [0.2, 0.25) is 0 Å². The third-order valence-corrected chi connectivity index (χ3v) is 4.91. The molecule has 7 nitrogen and oxygen atoms in total. The van der Waals surface area contributed by atoms with Crippen molar-refractivity contribution < 1.29 is 19.0 Å². The lowest BCUT2D eigenvalue weighted by atomic mass is 10.1. The van der Waals surface area contributed by atoms with Gasteiger partial charge in [0.05, 0.1) is 32.8 Å². The Labute approximate surface area is 167 Å². The highest BCUT2D eigenvalue weighted by Gasteiger charge is 2.13. The summed E-state index contributed by atoms with van der Waals surface area (Å²) in [5, 5.41) is 4.19. The normalized spacial score (nSPS) is 10.4. The van der Waals surface area contributed by atoms with Crippen molar-refractivity contribution in [2.75, 3.05) is 21.3 Å². The van der Waals surface area contributed by atoms with Crippen LogP contribution in [0, 0.1) is 0 Å². The second-order valence-electron chi connectivity index (χ2n) is 5.78. The number of nitrogens with one attached hydrogen (secondary N) is 1. The predicted molar refractivity (Wildman–Crippen MR) is 107 cm³/mol. The van der Waals surface area contributed by atoms with Crippen molar-refractivity contribution in [3.63, 3.8) is 0 Å². The number of aromatic nitrogens is 2. The number of carbonyl (C=O) groups excluding carboxylic acids is 1.